The third kappa shape index (κ3) is 9.18. The van der Waals surface area contributed by atoms with Crippen molar-refractivity contribution in [3.63, 3.8) is 0 Å². The predicted molar refractivity (Wildman–Crippen MR) is 97.0 cm³/mol. The van der Waals surface area contributed by atoms with Crippen molar-refractivity contribution in [3.8, 4) is 0 Å². The SMILES string of the molecule is CC(N)C(=O)NC(CS)C(=O)NC(CC(=O)O)C(=O)NC(CC(N)=O)C(=O)O. The van der Waals surface area contributed by atoms with E-state index in [0.29, 0.717) is 0 Å². The molecular weight excluding hydrogens is 398 g/mol. The molecule has 0 aliphatic rings. The highest BCUT2D eigenvalue weighted by molar-refractivity contribution is 7.80. The van der Waals surface area contributed by atoms with Crippen LogP contribution in [-0.4, -0.2) is 75.7 Å². The molecule has 0 aromatic carbocycles. The van der Waals surface area contributed by atoms with Crippen molar-refractivity contribution in [3.05, 3.63) is 0 Å². The van der Waals surface area contributed by atoms with Crippen molar-refractivity contribution in [2.75, 3.05) is 5.75 Å². The van der Waals surface area contributed by atoms with Crippen LogP contribution in [0.4, 0.5) is 0 Å². The molecule has 28 heavy (non-hydrogen) atoms. The molecule has 4 atom stereocenters. The quantitative estimate of drug-likeness (QED) is 0.144. The highest BCUT2D eigenvalue weighted by Crippen LogP contribution is 2.00. The van der Waals surface area contributed by atoms with E-state index in [4.69, 9.17) is 21.7 Å². The number of hydrogen-bond acceptors (Lipinski definition) is 8. The van der Waals surface area contributed by atoms with Crippen LogP contribution in [-0.2, 0) is 28.8 Å². The highest BCUT2D eigenvalue weighted by atomic mass is 32.1. The Morgan fingerprint density at radius 2 is 1.32 bits per heavy atom. The summed E-state index contributed by atoms with van der Waals surface area (Å²) < 4.78 is 0. The molecule has 0 radical (unpaired) electrons. The Kier molecular flexibility index (Phi) is 10.6. The van der Waals surface area contributed by atoms with Crippen LogP contribution in [0.5, 0.6) is 0 Å². The summed E-state index contributed by atoms with van der Waals surface area (Å²) in [6, 6.07) is -5.56. The van der Waals surface area contributed by atoms with Gasteiger partial charge in [-0.3, -0.25) is 24.0 Å². The topological polar surface area (TPSA) is 231 Å². The monoisotopic (exact) mass is 421 g/mol. The summed E-state index contributed by atoms with van der Waals surface area (Å²) in [5.74, 6) is -7.03. The Balaban J connectivity index is 5.28. The van der Waals surface area contributed by atoms with Gasteiger partial charge in [0.25, 0.3) is 0 Å². The number of carbonyl (C=O) groups is 6. The van der Waals surface area contributed by atoms with Crippen LogP contribution in [0.2, 0.25) is 0 Å². The minimum absolute atomic E-state index is 0.189. The molecule has 4 unspecified atom stereocenters. The summed E-state index contributed by atoms with van der Waals surface area (Å²) in [6.45, 7) is 1.37. The van der Waals surface area contributed by atoms with Gasteiger partial charge in [0.05, 0.1) is 18.9 Å². The number of nitrogens with one attached hydrogen (secondary N) is 3. The van der Waals surface area contributed by atoms with Gasteiger partial charge in [0.15, 0.2) is 0 Å². The Morgan fingerprint density at radius 3 is 1.71 bits per heavy atom. The number of thiol groups is 1. The zero-order chi connectivity index (χ0) is 22.0. The van der Waals surface area contributed by atoms with Crippen molar-refractivity contribution in [1.29, 1.82) is 0 Å². The number of hydrogen-bond donors (Lipinski definition) is 8. The molecule has 0 aliphatic heterocycles. The fourth-order valence-corrected chi connectivity index (χ4v) is 2.08. The predicted octanol–water partition coefficient (Wildman–Crippen LogP) is -3.85. The van der Waals surface area contributed by atoms with Gasteiger partial charge in [-0.1, -0.05) is 0 Å². The Morgan fingerprint density at radius 1 is 0.857 bits per heavy atom. The molecule has 4 amide bonds. The van der Waals surface area contributed by atoms with E-state index in [9.17, 15) is 28.8 Å². The normalized spacial score (nSPS) is 14.7. The maximum atomic E-state index is 12.2. The van der Waals surface area contributed by atoms with Crippen molar-refractivity contribution in [2.24, 2.45) is 11.5 Å². The second kappa shape index (κ2) is 11.8. The van der Waals surface area contributed by atoms with Gasteiger partial charge in [-0.25, -0.2) is 4.79 Å². The zero-order valence-electron chi connectivity index (χ0n) is 14.9. The van der Waals surface area contributed by atoms with E-state index in [2.05, 4.69) is 23.3 Å². The number of carboxylic acids is 2. The minimum atomic E-state index is -1.71. The van der Waals surface area contributed by atoms with Gasteiger partial charge in [0.1, 0.15) is 18.1 Å². The van der Waals surface area contributed by atoms with E-state index in [0.717, 1.165) is 0 Å². The van der Waals surface area contributed by atoms with Gasteiger partial charge >= 0.3 is 11.9 Å². The van der Waals surface area contributed by atoms with E-state index >= 15 is 0 Å². The van der Waals surface area contributed by atoms with Crippen LogP contribution >= 0.6 is 12.6 Å². The third-order valence-electron chi connectivity index (χ3n) is 3.26. The second-order valence-electron chi connectivity index (χ2n) is 5.76. The number of primary amides is 1. The largest absolute Gasteiger partial charge is 0.481 e. The fraction of sp³-hybridized carbons (Fsp3) is 0.571. The summed E-state index contributed by atoms with van der Waals surface area (Å²) in [5, 5.41) is 24.2. The lowest BCUT2D eigenvalue weighted by molar-refractivity contribution is -0.144. The van der Waals surface area contributed by atoms with Crippen LogP contribution in [0.15, 0.2) is 0 Å². The highest BCUT2D eigenvalue weighted by Gasteiger charge is 2.31. The maximum absolute atomic E-state index is 12.2. The summed E-state index contributed by atoms with van der Waals surface area (Å²) in [4.78, 5) is 69.0. The van der Waals surface area contributed by atoms with Crippen LogP contribution in [0, 0.1) is 0 Å². The average molecular weight is 421 g/mol. The van der Waals surface area contributed by atoms with Gasteiger partial charge in [-0.15, -0.1) is 0 Å². The Labute approximate surface area is 165 Å². The molecule has 14 heteroatoms. The molecule has 0 spiro atoms. The first-order chi connectivity index (χ1) is 12.9. The number of carboxylic acid groups (broad SMARTS) is 2. The fourth-order valence-electron chi connectivity index (χ4n) is 1.83. The third-order valence-corrected chi connectivity index (χ3v) is 3.63. The molecule has 0 saturated carbocycles. The molecular formula is C14H23N5O8S. The average Bonchev–Trinajstić information content (AvgIpc) is 2.56. The molecule has 0 aliphatic carbocycles. The smallest absolute Gasteiger partial charge is 0.326 e. The zero-order valence-corrected chi connectivity index (χ0v) is 15.8. The summed E-state index contributed by atoms with van der Waals surface area (Å²) in [6.07, 6.45) is -1.63. The Bertz CT molecular complexity index is 641. The molecule has 0 rings (SSSR count). The molecule has 0 aromatic heterocycles. The van der Waals surface area contributed by atoms with E-state index in [-0.39, 0.29) is 5.75 Å². The lowest BCUT2D eigenvalue weighted by Crippen LogP contribution is -2.58. The molecule has 0 aromatic rings. The van der Waals surface area contributed by atoms with E-state index in [1.165, 1.54) is 6.92 Å². The van der Waals surface area contributed by atoms with Crippen LogP contribution in [0.1, 0.15) is 19.8 Å². The van der Waals surface area contributed by atoms with Gasteiger partial charge in [0.2, 0.25) is 23.6 Å². The summed E-state index contributed by atoms with van der Waals surface area (Å²) in [5.41, 5.74) is 10.3. The van der Waals surface area contributed by atoms with Gasteiger partial charge < -0.3 is 37.6 Å². The van der Waals surface area contributed by atoms with E-state index < -0.39 is 72.6 Å². The van der Waals surface area contributed by atoms with Crippen molar-refractivity contribution >= 4 is 48.2 Å². The Hall–Kier alpha value is -2.87. The molecule has 13 nitrogen and oxygen atoms in total. The number of rotatable bonds is 12. The number of carbonyl (C=O) groups excluding carboxylic acids is 4. The number of amides is 4. The summed E-state index contributed by atoms with van der Waals surface area (Å²) >= 11 is 3.90. The second-order valence-corrected chi connectivity index (χ2v) is 6.13. The molecule has 0 saturated heterocycles. The van der Waals surface area contributed by atoms with Crippen molar-refractivity contribution in [1.82, 2.24) is 16.0 Å². The summed E-state index contributed by atoms with van der Waals surface area (Å²) in [7, 11) is 0. The number of aliphatic carboxylic acids is 2. The van der Waals surface area contributed by atoms with E-state index in [1.807, 2.05) is 5.32 Å². The minimum Gasteiger partial charge on any atom is -0.481 e. The first-order valence-corrected chi connectivity index (χ1v) is 8.52. The maximum Gasteiger partial charge on any atom is 0.326 e. The van der Waals surface area contributed by atoms with Crippen molar-refractivity contribution < 1.29 is 39.0 Å². The van der Waals surface area contributed by atoms with E-state index in [1.54, 1.807) is 0 Å². The lowest BCUT2D eigenvalue weighted by Gasteiger charge is -2.23. The van der Waals surface area contributed by atoms with Gasteiger partial charge in [0, 0.05) is 5.75 Å². The first-order valence-electron chi connectivity index (χ1n) is 7.89. The molecule has 0 fully saturated rings. The van der Waals surface area contributed by atoms with Crippen LogP contribution in [0.3, 0.4) is 0 Å². The van der Waals surface area contributed by atoms with Crippen LogP contribution in [0.25, 0.3) is 0 Å². The standard InChI is InChI=1S/C14H23N5O8S/c1-5(15)11(23)19-8(4-28)13(25)17-6(3-10(21)22)12(24)18-7(14(26)27)2-9(16)20/h5-8,28H,2-4,15H2,1H3,(H2,16,20)(H,17,25)(H,18,24)(H,19,23)(H,21,22)(H,26,27). The molecule has 158 valence electrons. The molecule has 0 heterocycles. The van der Waals surface area contributed by atoms with Crippen LogP contribution < -0.4 is 27.4 Å². The van der Waals surface area contributed by atoms with Crippen molar-refractivity contribution in [2.45, 2.75) is 43.9 Å². The first kappa shape index (κ1) is 25.1. The van der Waals surface area contributed by atoms with Gasteiger partial charge in [-0.05, 0) is 6.92 Å². The molecule has 9 N–H and O–H groups in total. The lowest BCUT2D eigenvalue weighted by atomic mass is 10.1. The molecule has 0 bridgehead atoms. The number of nitrogens with two attached hydrogens (primary N) is 2. The van der Waals surface area contributed by atoms with Gasteiger partial charge in [-0.2, -0.15) is 12.6 Å².